The molecular weight excluding hydrogens is 212 g/mol. The summed E-state index contributed by atoms with van der Waals surface area (Å²) in [6, 6.07) is 0.756. The molecule has 1 N–H and O–H groups in total. The minimum atomic E-state index is 0.578. The topological polar surface area (TPSA) is 24.5 Å². The van der Waals surface area contributed by atoms with Gasteiger partial charge in [0.2, 0.25) is 0 Å². The molecule has 0 aromatic carbocycles. The first-order valence-electron chi connectivity index (χ1n) is 7.46. The van der Waals surface area contributed by atoms with Crippen molar-refractivity contribution >= 4 is 0 Å². The SMILES string of the molecule is CCNC1CCN(CCOC2CCCC2)CC1. The quantitative estimate of drug-likeness (QED) is 0.769. The molecule has 0 aromatic rings. The van der Waals surface area contributed by atoms with Gasteiger partial charge in [0, 0.05) is 12.6 Å². The lowest BCUT2D eigenvalue weighted by atomic mass is 10.1. The van der Waals surface area contributed by atoms with E-state index in [1.54, 1.807) is 0 Å². The second kappa shape index (κ2) is 7.34. The van der Waals surface area contributed by atoms with Crippen molar-refractivity contribution in [3.05, 3.63) is 0 Å². The van der Waals surface area contributed by atoms with Gasteiger partial charge in [0.15, 0.2) is 0 Å². The number of piperidine rings is 1. The molecule has 0 bridgehead atoms. The first-order chi connectivity index (χ1) is 8.38. The molecule has 1 aliphatic heterocycles. The van der Waals surface area contributed by atoms with Gasteiger partial charge in [-0.1, -0.05) is 19.8 Å². The van der Waals surface area contributed by atoms with Crippen LogP contribution >= 0.6 is 0 Å². The Bertz CT molecular complexity index is 196. The molecule has 17 heavy (non-hydrogen) atoms. The van der Waals surface area contributed by atoms with E-state index in [-0.39, 0.29) is 0 Å². The van der Waals surface area contributed by atoms with E-state index in [0.717, 1.165) is 25.7 Å². The van der Waals surface area contributed by atoms with E-state index in [2.05, 4.69) is 17.1 Å². The molecule has 2 aliphatic rings. The summed E-state index contributed by atoms with van der Waals surface area (Å²) < 4.78 is 5.92. The van der Waals surface area contributed by atoms with Crippen molar-refractivity contribution in [2.45, 2.75) is 57.6 Å². The molecule has 3 nitrogen and oxygen atoms in total. The summed E-state index contributed by atoms with van der Waals surface area (Å²) in [4.78, 5) is 2.56. The summed E-state index contributed by atoms with van der Waals surface area (Å²) in [7, 11) is 0. The zero-order valence-electron chi connectivity index (χ0n) is 11.3. The van der Waals surface area contributed by atoms with Crippen LogP contribution in [0.4, 0.5) is 0 Å². The lowest BCUT2D eigenvalue weighted by molar-refractivity contribution is 0.0369. The van der Waals surface area contributed by atoms with E-state index in [1.165, 1.54) is 51.6 Å². The molecule has 0 unspecified atom stereocenters. The monoisotopic (exact) mass is 240 g/mol. The predicted octanol–water partition coefficient (Wildman–Crippen LogP) is 2.02. The van der Waals surface area contributed by atoms with Gasteiger partial charge in [-0.05, 0) is 45.3 Å². The summed E-state index contributed by atoms with van der Waals surface area (Å²) in [5.74, 6) is 0. The van der Waals surface area contributed by atoms with Crippen LogP contribution in [-0.4, -0.2) is 49.8 Å². The van der Waals surface area contributed by atoms with Crippen LogP contribution in [0.5, 0.6) is 0 Å². The zero-order valence-corrected chi connectivity index (χ0v) is 11.3. The third kappa shape index (κ3) is 4.57. The Morgan fingerprint density at radius 2 is 1.82 bits per heavy atom. The van der Waals surface area contributed by atoms with E-state index in [0.29, 0.717) is 6.10 Å². The molecule has 1 saturated carbocycles. The number of hydrogen-bond acceptors (Lipinski definition) is 3. The molecule has 100 valence electrons. The van der Waals surface area contributed by atoms with Gasteiger partial charge in [-0.3, -0.25) is 0 Å². The predicted molar refractivity (Wildman–Crippen MR) is 71.3 cm³/mol. The number of ether oxygens (including phenoxy) is 1. The molecule has 1 heterocycles. The highest BCUT2D eigenvalue weighted by Gasteiger charge is 2.19. The summed E-state index contributed by atoms with van der Waals surface area (Å²) in [5.41, 5.74) is 0. The van der Waals surface area contributed by atoms with Crippen molar-refractivity contribution in [2.75, 3.05) is 32.8 Å². The molecule has 0 radical (unpaired) electrons. The van der Waals surface area contributed by atoms with E-state index in [9.17, 15) is 0 Å². The van der Waals surface area contributed by atoms with Gasteiger partial charge < -0.3 is 15.0 Å². The van der Waals surface area contributed by atoms with E-state index in [4.69, 9.17) is 4.74 Å². The van der Waals surface area contributed by atoms with E-state index >= 15 is 0 Å². The van der Waals surface area contributed by atoms with Gasteiger partial charge in [-0.15, -0.1) is 0 Å². The van der Waals surface area contributed by atoms with Gasteiger partial charge in [-0.2, -0.15) is 0 Å². The van der Waals surface area contributed by atoms with Crippen molar-refractivity contribution < 1.29 is 4.74 Å². The van der Waals surface area contributed by atoms with Crippen molar-refractivity contribution in [1.82, 2.24) is 10.2 Å². The molecule has 0 atom stereocenters. The Morgan fingerprint density at radius 1 is 1.12 bits per heavy atom. The van der Waals surface area contributed by atoms with Gasteiger partial charge in [0.05, 0.1) is 12.7 Å². The molecule has 2 rings (SSSR count). The average Bonchev–Trinajstić information content (AvgIpc) is 2.85. The largest absolute Gasteiger partial charge is 0.377 e. The maximum atomic E-state index is 5.92. The average molecular weight is 240 g/mol. The number of hydrogen-bond donors (Lipinski definition) is 1. The summed E-state index contributed by atoms with van der Waals surface area (Å²) >= 11 is 0. The van der Waals surface area contributed by atoms with Crippen LogP contribution < -0.4 is 5.32 Å². The van der Waals surface area contributed by atoms with Crippen LogP contribution in [0.3, 0.4) is 0 Å². The number of nitrogens with zero attached hydrogens (tertiary/aromatic N) is 1. The van der Waals surface area contributed by atoms with Crippen LogP contribution in [0.2, 0.25) is 0 Å². The zero-order chi connectivity index (χ0) is 11.9. The van der Waals surface area contributed by atoms with Crippen molar-refractivity contribution in [2.24, 2.45) is 0 Å². The Kier molecular flexibility index (Phi) is 5.75. The Balaban J connectivity index is 1.52. The number of rotatable bonds is 6. The van der Waals surface area contributed by atoms with Gasteiger partial charge in [-0.25, -0.2) is 0 Å². The van der Waals surface area contributed by atoms with Crippen molar-refractivity contribution in [1.29, 1.82) is 0 Å². The minimum absolute atomic E-state index is 0.578. The fraction of sp³-hybridized carbons (Fsp3) is 1.00. The number of nitrogens with one attached hydrogen (secondary N) is 1. The first-order valence-corrected chi connectivity index (χ1v) is 7.46. The third-order valence-electron chi connectivity index (χ3n) is 4.14. The fourth-order valence-corrected chi connectivity index (χ4v) is 3.05. The lowest BCUT2D eigenvalue weighted by Gasteiger charge is -2.32. The number of likely N-dealkylation sites (tertiary alicyclic amines) is 1. The smallest absolute Gasteiger partial charge is 0.0597 e. The second-order valence-corrected chi connectivity index (χ2v) is 5.45. The van der Waals surface area contributed by atoms with Crippen LogP contribution in [0.25, 0.3) is 0 Å². The molecule has 3 heteroatoms. The lowest BCUT2D eigenvalue weighted by Crippen LogP contribution is -2.43. The first kappa shape index (κ1) is 13.3. The van der Waals surface area contributed by atoms with Crippen molar-refractivity contribution in [3.63, 3.8) is 0 Å². The highest BCUT2D eigenvalue weighted by Crippen LogP contribution is 2.20. The summed E-state index contributed by atoms with van der Waals surface area (Å²) in [5, 5.41) is 3.55. The molecule has 0 aromatic heterocycles. The van der Waals surface area contributed by atoms with Gasteiger partial charge in [0.25, 0.3) is 0 Å². The molecule has 1 aliphatic carbocycles. The molecule has 0 spiro atoms. The fourth-order valence-electron chi connectivity index (χ4n) is 3.05. The maximum Gasteiger partial charge on any atom is 0.0597 e. The van der Waals surface area contributed by atoms with Crippen LogP contribution in [0, 0.1) is 0 Å². The molecular formula is C14H28N2O. The Hall–Kier alpha value is -0.120. The summed E-state index contributed by atoms with van der Waals surface area (Å²) in [6.07, 6.45) is 8.52. The highest BCUT2D eigenvalue weighted by atomic mass is 16.5. The van der Waals surface area contributed by atoms with Crippen molar-refractivity contribution in [3.8, 4) is 0 Å². The standard InChI is InChI=1S/C14H28N2O/c1-2-15-13-7-9-16(10-8-13)11-12-17-14-5-3-4-6-14/h13-15H,2-12H2,1H3. The van der Waals surface area contributed by atoms with Crippen LogP contribution in [0.15, 0.2) is 0 Å². The van der Waals surface area contributed by atoms with E-state index in [1.807, 2.05) is 0 Å². The highest BCUT2D eigenvalue weighted by molar-refractivity contribution is 4.76. The molecule has 1 saturated heterocycles. The normalized spacial score (nSPS) is 24.5. The molecule has 2 fully saturated rings. The summed E-state index contributed by atoms with van der Waals surface area (Å²) in [6.45, 7) is 7.86. The Morgan fingerprint density at radius 3 is 2.47 bits per heavy atom. The second-order valence-electron chi connectivity index (χ2n) is 5.45. The third-order valence-corrected chi connectivity index (χ3v) is 4.14. The minimum Gasteiger partial charge on any atom is -0.377 e. The van der Waals surface area contributed by atoms with Gasteiger partial charge in [0.1, 0.15) is 0 Å². The van der Waals surface area contributed by atoms with Crippen LogP contribution in [0.1, 0.15) is 45.4 Å². The molecule has 0 amide bonds. The van der Waals surface area contributed by atoms with E-state index < -0.39 is 0 Å². The maximum absolute atomic E-state index is 5.92. The van der Waals surface area contributed by atoms with Gasteiger partial charge >= 0.3 is 0 Å². The van der Waals surface area contributed by atoms with Crippen LogP contribution in [-0.2, 0) is 4.74 Å². The Labute approximate surface area is 106 Å².